The summed E-state index contributed by atoms with van der Waals surface area (Å²) in [6, 6.07) is 0. The van der Waals surface area contributed by atoms with Crippen LogP contribution in [0.25, 0.3) is 0 Å². The molecule has 0 atom stereocenters. The quantitative estimate of drug-likeness (QED) is 0.246. The first-order valence-electron chi connectivity index (χ1n) is 1.61. The van der Waals surface area contributed by atoms with E-state index in [0.29, 0.717) is 0 Å². The van der Waals surface area contributed by atoms with Crippen LogP contribution in [0.15, 0.2) is 12.2 Å². The van der Waals surface area contributed by atoms with Crippen LogP contribution in [0.3, 0.4) is 0 Å². The number of carboxylic acids is 1. The third-order valence-corrected chi connectivity index (χ3v) is 0.381. The molecular formula is C4H3Ag2O4-. The predicted molar refractivity (Wildman–Crippen MR) is 23.2 cm³/mol. The van der Waals surface area contributed by atoms with Crippen LogP contribution in [-0.2, 0) is 56.3 Å². The zero-order chi connectivity index (χ0) is 7.86. The van der Waals surface area contributed by atoms with Crippen molar-refractivity contribution in [2.45, 2.75) is 0 Å². The Labute approximate surface area is 85.4 Å². The van der Waals surface area contributed by atoms with Gasteiger partial charge >= 0.3 is 24.3 Å². The van der Waals surface area contributed by atoms with Gasteiger partial charge in [0, 0.05) is 22.4 Å². The van der Waals surface area contributed by atoms with Crippen molar-refractivity contribution in [2.75, 3.05) is 0 Å². The summed E-state index contributed by atoms with van der Waals surface area (Å²) in [5, 5.41) is 7.82. The van der Waals surface area contributed by atoms with Crippen LogP contribution in [0.4, 0.5) is 0 Å². The van der Waals surface area contributed by atoms with Crippen molar-refractivity contribution >= 4 is 12.3 Å². The topological polar surface area (TPSA) is 71.4 Å². The molecule has 0 fully saturated rings. The zero-order valence-electron chi connectivity index (χ0n) is 4.48. The Balaban J connectivity index is -0.000000149. The molecule has 1 N–H and O–H groups in total. The van der Waals surface area contributed by atoms with Gasteiger partial charge in [0.05, 0.1) is 6.29 Å². The summed E-state index contributed by atoms with van der Waals surface area (Å²) in [5.74, 6) is -1.32. The standard InChI is InChI=1S/C4H3O3.2Ag.O/c1-3(2-5)4(6)7;;;/h1H2,(H,6,7);;;/q-1;;;. The molecule has 0 rings (SSSR count). The van der Waals surface area contributed by atoms with Crippen molar-refractivity contribution in [1.82, 2.24) is 0 Å². The Morgan fingerprint density at radius 1 is 1.50 bits per heavy atom. The summed E-state index contributed by atoms with van der Waals surface area (Å²) in [7, 11) is 0. The van der Waals surface area contributed by atoms with Gasteiger partial charge in [0.1, 0.15) is 0 Å². The first kappa shape index (κ1) is 16.6. The monoisotopic (exact) mass is 329 g/mol. The number of carbonyl (C=O) groups is 1. The van der Waals surface area contributed by atoms with Crippen molar-refractivity contribution in [1.29, 1.82) is 0 Å². The van der Waals surface area contributed by atoms with E-state index in [1.54, 1.807) is 21.0 Å². The fraction of sp³-hybridized carbons (Fsp3) is 0. The van der Waals surface area contributed by atoms with Crippen molar-refractivity contribution in [3.63, 3.8) is 0 Å². The molecule has 0 bridgehead atoms. The van der Waals surface area contributed by atoms with E-state index >= 15 is 0 Å². The van der Waals surface area contributed by atoms with Gasteiger partial charge < -0.3 is 14.7 Å². The van der Waals surface area contributed by atoms with Crippen LogP contribution >= 0.6 is 0 Å². The van der Waals surface area contributed by atoms with Gasteiger partial charge in [-0.05, 0) is 0 Å². The van der Waals surface area contributed by atoms with E-state index in [1.807, 2.05) is 0 Å². The van der Waals surface area contributed by atoms with E-state index in [1.165, 1.54) is 0 Å². The summed E-state index contributed by atoms with van der Waals surface area (Å²) in [6.45, 7) is 2.85. The van der Waals surface area contributed by atoms with Crippen molar-refractivity contribution in [2.24, 2.45) is 0 Å². The summed E-state index contributed by atoms with van der Waals surface area (Å²) < 4.78 is 8.06. The van der Waals surface area contributed by atoms with Crippen molar-refractivity contribution < 1.29 is 61.4 Å². The first-order valence-corrected chi connectivity index (χ1v) is 2.21. The predicted octanol–water partition coefficient (Wildman–Crippen LogP) is -0.387. The van der Waals surface area contributed by atoms with Gasteiger partial charge in [0.15, 0.2) is 0 Å². The van der Waals surface area contributed by atoms with Crippen LogP contribution in [0, 0.1) is 0 Å². The Kier molecular flexibility index (Phi) is 19.8. The van der Waals surface area contributed by atoms with E-state index in [2.05, 4.69) is 6.58 Å². The number of hydrogen-bond acceptors (Lipinski definition) is 3. The Morgan fingerprint density at radius 2 is 1.80 bits per heavy atom. The van der Waals surface area contributed by atoms with E-state index < -0.39 is 11.5 Å². The number of carboxylic acid groups (broad SMARTS) is 1. The second-order valence-corrected chi connectivity index (χ2v) is 0.886. The molecule has 0 aliphatic rings. The van der Waals surface area contributed by atoms with Crippen LogP contribution in [-0.4, -0.2) is 17.4 Å². The molecule has 0 aliphatic heterocycles. The number of rotatable bonds is 2. The molecule has 1 radical (unpaired) electrons. The minimum atomic E-state index is -1.32. The van der Waals surface area contributed by atoms with Gasteiger partial charge in [-0.3, -0.25) is 0 Å². The molecule has 0 saturated carbocycles. The second kappa shape index (κ2) is 11.9. The molecule has 0 unspecified atom stereocenters. The number of hydrogen-bond donors (Lipinski definition) is 1. The Morgan fingerprint density at radius 3 is 1.80 bits per heavy atom. The molecule has 10 heavy (non-hydrogen) atoms. The summed E-state index contributed by atoms with van der Waals surface area (Å²) in [4.78, 5) is 18.9. The average Bonchev–Trinajstić information content (AvgIpc) is 1.91. The van der Waals surface area contributed by atoms with Crippen LogP contribution in [0.1, 0.15) is 0 Å². The normalized spacial score (nSPS) is 5.80. The Bertz CT molecular complexity index is 133. The number of carbonyl (C=O) groups excluding carboxylic acids is 1. The third kappa shape index (κ3) is 11.0. The molecule has 0 aliphatic carbocycles. The summed E-state index contributed by atoms with van der Waals surface area (Å²) in [5.41, 5.74) is -0.542. The molecule has 0 heterocycles. The molecule has 0 spiro atoms. The Hall–Kier alpha value is 0.161. The second-order valence-electron chi connectivity index (χ2n) is 0.886. The molecule has 66 valence electrons. The van der Waals surface area contributed by atoms with E-state index in [9.17, 15) is 9.59 Å². The molecule has 0 aromatic heterocycles. The molecular weight excluding hydrogens is 328 g/mol. The minimum absolute atomic E-state index is 0. The maximum absolute atomic E-state index is 9.57. The van der Waals surface area contributed by atoms with Gasteiger partial charge in [0.2, 0.25) is 5.97 Å². The molecule has 0 aromatic carbocycles. The van der Waals surface area contributed by atoms with Crippen LogP contribution < -0.4 is 0 Å². The zero-order valence-corrected chi connectivity index (χ0v) is 7.45. The van der Waals surface area contributed by atoms with Gasteiger partial charge in [-0.25, -0.2) is 0 Å². The van der Waals surface area contributed by atoms with Crippen molar-refractivity contribution in [3.8, 4) is 0 Å². The van der Waals surface area contributed by atoms with Gasteiger partial charge in [-0.15, -0.1) is 0 Å². The average molecular weight is 331 g/mol. The summed E-state index contributed by atoms with van der Waals surface area (Å²) in [6.07, 6.45) is 1.12. The molecule has 6 heteroatoms. The van der Waals surface area contributed by atoms with Crippen LogP contribution in [0.5, 0.6) is 0 Å². The fourth-order valence-corrected chi connectivity index (χ4v) is 0.0437. The van der Waals surface area contributed by atoms with Crippen molar-refractivity contribution in [3.05, 3.63) is 12.2 Å². The molecule has 4 nitrogen and oxygen atoms in total. The third-order valence-electron chi connectivity index (χ3n) is 0.381. The molecule has 0 amide bonds. The maximum atomic E-state index is 9.57. The van der Waals surface area contributed by atoms with E-state index in [-0.39, 0.29) is 22.4 Å². The van der Waals surface area contributed by atoms with Gasteiger partial charge in [0.25, 0.3) is 0 Å². The first-order chi connectivity index (χ1) is 4.18. The van der Waals surface area contributed by atoms with E-state index in [0.717, 1.165) is 6.29 Å². The van der Waals surface area contributed by atoms with Gasteiger partial charge in [-0.1, -0.05) is 5.57 Å². The van der Waals surface area contributed by atoms with E-state index in [4.69, 9.17) is 8.36 Å². The fourth-order valence-electron chi connectivity index (χ4n) is 0.0437. The summed E-state index contributed by atoms with van der Waals surface area (Å²) >= 11 is 1.70. The van der Waals surface area contributed by atoms with Crippen LogP contribution in [0.2, 0.25) is 0 Å². The number of aliphatic carboxylic acids is 1. The van der Waals surface area contributed by atoms with Gasteiger partial charge in [-0.2, -0.15) is 6.58 Å². The SMILES string of the molecule is C=C([C-]=O)C(=O)O.[Ag].[O]=[Ag]. The molecule has 0 saturated heterocycles. The molecule has 0 aromatic rings.